The van der Waals surface area contributed by atoms with Crippen molar-refractivity contribution in [1.82, 2.24) is 15.4 Å². The summed E-state index contributed by atoms with van der Waals surface area (Å²) in [6, 6.07) is 1.82. The van der Waals surface area contributed by atoms with Gasteiger partial charge in [0.15, 0.2) is 6.61 Å². The number of halogens is 1. The lowest BCUT2D eigenvalue weighted by Crippen LogP contribution is -2.42. The molecule has 0 fully saturated rings. The topological polar surface area (TPSA) is 131 Å². The molecule has 0 aromatic heterocycles. The molecular formula is C16H22FN3O6S. The molecule has 0 radical (unpaired) electrons. The third kappa shape index (κ3) is 7.31. The summed E-state index contributed by atoms with van der Waals surface area (Å²) >= 11 is 0. The van der Waals surface area contributed by atoms with Crippen LogP contribution in [0.15, 0.2) is 23.1 Å². The van der Waals surface area contributed by atoms with Gasteiger partial charge in [-0.25, -0.2) is 27.1 Å². The molecule has 3 N–H and O–H groups in total. The number of carbonyl (C=O) groups excluding carboxylic acids is 3. The molecule has 0 heterocycles. The zero-order valence-corrected chi connectivity index (χ0v) is 16.0. The van der Waals surface area contributed by atoms with E-state index in [2.05, 4.69) is 10.1 Å². The Morgan fingerprint density at radius 2 is 1.89 bits per heavy atom. The molecule has 9 nitrogen and oxygen atoms in total. The Morgan fingerprint density at radius 3 is 2.48 bits per heavy atom. The number of carbonyl (C=O) groups is 3. The molecule has 11 heteroatoms. The van der Waals surface area contributed by atoms with Crippen LogP contribution in [0.5, 0.6) is 0 Å². The lowest BCUT2D eigenvalue weighted by molar-refractivity contribution is -0.123. The summed E-state index contributed by atoms with van der Waals surface area (Å²) in [5.74, 6) is -2.79. The van der Waals surface area contributed by atoms with Gasteiger partial charge in [-0.15, -0.1) is 0 Å². The summed E-state index contributed by atoms with van der Waals surface area (Å²) in [4.78, 5) is 34.6. The van der Waals surface area contributed by atoms with Gasteiger partial charge in [0.25, 0.3) is 5.91 Å². The second-order valence-electron chi connectivity index (χ2n) is 5.91. The Labute approximate surface area is 156 Å². The van der Waals surface area contributed by atoms with E-state index in [-0.39, 0.29) is 4.90 Å². The lowest BCUT2D eigenvalue weighted by Gasteiger charge is -2.09. The van der Waals surface area contributed by atoms with E-state index in [1.54, 1.807) is 0 Å². The van der Waals surface area contributed by atoms with Gasteiger partial charge in [-0.3, -0.25) is 10.1 Å². The second-order valence-corrected chi connectivity index (χ2v) is 7.80. The largest absolute Gasteiger partial charge is 0.452 e. The van der Waals surface area contributed by atoms with Gasteiger partial charge in [-0.1, -0.05) is 13.8 Å². The SMILES string of the molecule is CNS(=O)(=O)c1ccc(F)c(C(=O)OCC(=O)NC(=O)NCCC(C)C)c1. The van der Waals surface area contributed by atoms with Crippen LogP contribution in [0.2, 0.25) is 0 Å². The van der Waals surface area contributed by atoms with Crippen LogP contribution < -0.4 is 15.4 Å². The molecule has 0 aliphatic carbocycles. The number of ether oxygens (including phenoxy) is 1. The number of esters is 1. The van der Waals surface area contributed by atoms with E-state index in [0.29, 0.717) is 12.5 Å². The molecule has 0 unspecified atom stereocenters. The van der Waals surface area contributed by atoms with Crippen LogP contribution in [-0.2, 0) is 19.6 Å². The fourth-order valence-corrected chi connectivity index (χ4v) is 2.59. The third-order valence-corrected chi connectivity index (χ3v) is 4.74. The molecule has 150 valence electrons. The molecule has 0 saturated heterocycles. The van der Waals surface area contributed by atoms with E-state index in [0.717, 1.165) is 31.7 Å². The van der Waals surface area contributed by atoms with Gasteiger partial charge in [0.05, 0.1) is 10.5 Å². The number of nitrogens with one attached hydrogen (secondary N) is 3. The van der Waals surface area contributed by atoms with Crippen LogP contribution >= 0.6 is 0 Å². The second kappa shape index (κ2) is 9.97. The average molecular weight is 403 g/mol. The maximum Gasteiger partial charge on any atom is 0.341 e. The average Bonchev–Trinajstić information content (AvgIpc) is 2.59. The summed E-state index contributed by atoms with van der Waals surface area (Å²) < 4.78 is 43.8. The number of benzene rings is 1. The Morgan fingerprint density at radius 1 is 1.22 bits per heavy atom. The molecule has 0 aliphatic rings. The number of sulfonamides is 1. The molecule has 0 spiro atoms. The van der Waals surface area contributed by atoms with E-state index in [4.69, 9.17) is 0 Å². The molecule has 27 heavy (non-hydrogen) atoms. The Kier molecular flexibility index (Phi) is 8.32. The van der Waals surface area contributed by atoms with Crippen molar-refractivity contribution in [1.29, 1.82) is 0 Å². The molecule has 0 aliphatic heterocycles. The zero-order valence-electron chi connectivity index (χ0n) is 15.2. The zero-order chi connectivity index (χ0) is 20.6. The highest BCUT2D eigenvalue weighted by atomic mass is 32.2. The summed E-state index contributed by atoms with van der Waals surface area (Å²) in [7, 11) is -2.73. The van der Waals surface area contributed by atoms with Crippen molar-refractivity contribution in [3.05, 3.63) is 29.6 Å². The van der Waals surface area contributed by atoms with Crippen LogP contribution in [0.4, 0.5) is 9.18 Å². The van der Waals surface area contributed by atoms with Gasteiger partial charge in [-0.05, 0) is 37.6 Å². The van der Waals surface area contributed by atoms with Crippen LogP contribution in [-0.4, -0.2) is 46.5 Å². The predicted octanol–water partition coefficient (Wildman–Crippen LogP) is 0.762. The van der Waals surface area contributed by atoms with E-state index < -0.39 is 45.9 Å². The number of hydrogen-bond acceptors (Lipinski definition) is 6. The Balaban J connectivity index is 2.63. The predicted molar refractivity (Wildman–Crippen MR) is 93.9 cm³/mol. The van der Waals surface area contributed by atoms with E-state index >= 15 is 0 Å². The highest BCUT2D eigenvalue weighted by molar-refractivity contribution is 7.89. The normalized spacial score (nSPS) is 11.1. The monoisotopic (exact) mass is 403 g/mol. The fraction of sp³-hybridized carbons (Fsp3) is 0.438. The van der Waals surface area contributed by atoms with Crippen molar-refractivity contribution in [3.8, 4) is 0 Å². The van der Waals surface area contributed by atoms with E-state index in [9.17, 15) is 27.2 Å². The third-order valence-electron chi connectivity index (χ3n) is 3.33. The number of hydrogen-bond donors (Lipinski definition) is 3. The van der Waals surface area contributed by atoms with Crippen molar-refractivity contribution in [2.24, 2.45) is 5.92 Å². The van der Waals surface area contributed by atoms with Crippen LogP contribution in [0.3, 0.4) is 0 Å². The summed E-state index contributed by atoms with van der Waals surface area (Å²) in [5, 5.41) is 4.41. The lowest BCUT2D eigenvalue weighted by atomic mass is 10.1. The molecular weight excluding hydrogens is 381 g/mol. The maximum absolute atomic E-state index is 13.8. The van der Waals surface area contributed by atoms with Crippen molar-refractivity contribution < 1.29 is 31.9 Å². The van der Waals surface area contributed by atoms with Crippen molar-refractivity contribution in [2.75, 3.05) is 20.2 Å². The quantitative estimate of drug-likeness (QED) is 0.550. The summed E-state index contributed by atoms with van der Waals surface area (Å²) in [5.41, 5.74) is -0.652. The fourth-order valence-electron chi connectivity index (χ4n) is 1.84. The number of imide groups is 1. The van der Waals surface area contributed by atoms with Gasteiger partial charge < -0.3 is 10.1 Å². The highest BCUT2D eigenvalue weighted by Gasteiger charge is 2.20. The number of rotatable bonds is 8. The van der Waals surface area contributed by atoms with E-state index in [1.165, 1.54) is 0 Å². The molecule has 1 rings (SSSR count). The first-order valence-corrected chi connectivity index (χ1v) is 9.53. The number of amides is 3. The molecule has 1 aromatic carbocycles. The first kappa shape index (κ1) is 22.5. The highest BCUT2D eigenvalue weighted by Crippen LogP contribution is 2.16. The Hall–Kier alpha value is -2.53. The van der Waals surface area contributed by atoms with Gasteiger partial charge in [-0.2, -0.15) is 0 Å². The Bertz CT molecular complexity index is 810. The first-order chi connectivity index (χ1) is 12.6. The van der Waals surface area contributed by atoms with Crippen LogP contribution in [0.1, 0.15) is 30.6 Å². The summed E-state index contributed by atoms with van der Waals surface area (Å²) in [6.07, 6.45) is 0.724. The van der Waals surface area contributed by atoms with Gasteiger partial charge in [0.2, 0.25) is 10.0 Å². The number of urea groups is 1. The van der Waals surface area contributed by atoms with Gasteiger partial charge >= 0.3 is 12.0 Å². The molecule has 1 aromatic rings. The van der Waals surface area contributed by atoms with Crippen molar-refractivity contribution in [3.63, 3.8) is 0 Å². The van der Waals surface area contributed by atoms with Gasteiger partial charge in [0.1, 0.15) is 5.82 Å². The molecule has 3 amide bonds. The minimum Gasteiger partial charge on any atom is -0.452 e. The summed E-state index contributed by atoms with van der Waals surface area (Å²) in [6.45, 7) is 3.48. The smallest absolute Gasteiger partial charge is 0.341 e. The van der Waals surface area contributed by atoms with Crippen LogP contribution in [0, 0.1) is 11.7 Å². The molecule has 0 bridgehead atoms. The minimum atomic E-state index is -3.89. The van der Waals surface area contributed by atoms with Crippen LogP contribution in [0.25, 0.3) is 0 Å². The van der Waals surface area contributed by atoms with Crippen molar-refractivity contribution >= 4 is 27.9 Å². The van der Waals surface area contributed by atoms with Gasteiger partial charge in [0, 0.05) is 6.54 Å². The van der Waals surface area contributed by atoms with Crippen molar-refractivity contribution in [2.45, 2.75) is 25.2 Å². The van der Waals surface area contributed by atoms with E-state index in [1.807, 2.05) is 23.9 Å². The molecule has 0 atom stereocenters. The minimum absolute atomic E-state index is 0.340. The maximum atomic E-state index is 13.8. The first-order valence-electron chi connectivity index (χ1n) is 8.04. The molecule has 0 saturated carbocycles. The standard InChI is InChI=1S/C16H22FN3O6S/c1-10(2)6-7-19-16(23)20-14(21)9-26-15(22)12-8-11(4-5-13(12)17)27(24,25)18-3/h4-5,8,10,18H,6-7,9H2,1-3H3,(H2,19,20,21,23).